The highest BCUT2D eigenvalue weighted by Gasteiger charge is 2.47. The molecule has 2 fully saturated rings. The number of hydrogen-bond donors (Lipinski definition) is 1. The van der Waals surface area contributed by atoms with Gasteiger partial charge in [-0.25, -0.2) is 0 Å². The van der Waals surface area contributed by atoms with Crippen molar-refractivity contribution >= 4 is 5.91 Å². The molecule has 0 spiro atoms. The summed E-state index contributed by atoms with van der Waals surface area (Å²) < 4.78 is 1.84. The number of aromatic nitrogens is 2. The normalized spacial score (nSPS) is 30.1. The maximum Gasteiger partial charge on any atom is 0.223 e. The van der Waals surface area contributed by atoms with Crippen LogP contribution in [0.2, 0.25) is 0 Å². The van der Waals surface area contributed by atoms with Gasteiger partial charge in [-0.15, -0.1) is 0 Å². The van der Waals surface area contributed by atoms with Gasteiger partial charge in [0.2, 0.25) is 5.91 Å². The lowest BCUT2D eigenvalue weighted by molar-refractivity contribution is -0.125. The number of aryl methyl sites for hydroxylation is 1. The van der Waals surface area contributed by atoms with E-state index in [0.29, 0.717) is 6.54 Å². The van der Waals surface area contributed by atoms with Gasteiger partial charge in [-0.2, -0.15) is 5.10 Å². The molecule has 1 amide bonds. The summed E-state index contributed by atoms with van der Waals surface area (Å²) in [6.45, 7) is 2.64. The minimum absolute atomic E-state index is 0.237. The molecule has 0 aromatic carbocycles. The average molecular weight is 233 g/mol. The number of carbonyl (C=O) groups is 1. The van der Waals surface area contributed by atoms with Crippen molar-refractivity contribution in [1.29, 1.82) is 0 Å². The summed E-state index contributed by atoms with van der Waals surface area (Å²) in [4.78, 5) is 12.0. The molecule has 2 aliphatic carbocycles. The molecule has 0 aliphatic heterocycles. The molecule has 2 unspecified atom stereocenters. The van der Waals surface area contributed by atoms with Crippen molar-refractivity contribution in [3.05, 3.63) is 17.5 Å². The molecule has 2 atom stereocenters. The van der Waals surface area contributed by atoms with Crippen LogP contribution in [0.1, 0.15) is 30.5 Å². The van der Waals surface area contributed by atoms with Gasteiger partial charge in [0.25, 0.3) is 0 Å². The van der Waals surface area contributed by atoms with Crippen LogP contribution in [0.5, 0.6) is 0 Å². The van der Waals surface area contributed by atoms with E-state index in [1.54, 1.807) is 0 Å². The molecule has 2 saturated carbocycles. The van der Waals surface area contributed by atoms with E-state index in [1.807, 2.05) is 24.9 Å². The van der Waals surface area contributed by atoms with Gasteiger partial charge >= 0.3 is 0 Å². The minimum atomic E-state index is 0.237. The first kappa shape index (κ1) is 10.8. The largest absolute Gasteiger partial charge is 0.352 e. The number of amides is 1. The van der Waals surface area contributed by atoms with Gasteiger partial charge in [-0.3, -0.25) is 9.48 Å². The Balaban J connectivity index is 1.54. The van der Waals surface area contributed by atoms with Crippen LogP contribution in [0.15, 0.2) is 6.20 Å². The van der Waals surface area contributed by atoms with Gasteiger partial charge in [0.15, 0.2) is 0 Å². The number of nitrogens with one attached hydrogen (secondary N) is 1. The summed E-state index contributed by atoms with van der Waals surface area (Å²) in [5.74, 6) is 2.24. The fourth-order valence-electron chi connectivity index (χ4n) is 2.97. The average Bonchev–Trinajstić information content (AvgIpc) is 2.80. The highest BCUT2D eigenvalue weighted by atomic mass is 16.1. The zero-order valence-corrected chi connectivity index (χ0v) is 10.4. The van der Waals surface area contributed by atoms with Crippen molar-refractivity contribution < 1.29 is 4.79 Å². The van der Waals surface area contributed by atoms with Gasteiger partial charge in [-0.1, -0.05) is 0 Å². The predicted molar refractivity (Wildman–Crippen MR) is 64.1 cm³/mol. The van der Waals surface area contributed by atoms with E-state index in [-0.39, 0.29) is 11.8 Å². The molecule has 4 nitrogen and oxygen atoms in total. The fourth-order valence-corrected chi connectivity index (χ4v) is 2.97. The third-order valence-electron chi connectivity index (χ3n) is 4.40. The highest BCUT2D eigenvalue weighted by Crippen LogP contribution is 2.54. The predicted octanol–water partition coefficient (Wildman–Crippen LogP) is 1.39. The maximum atomic E-state index is 12.0. The quantitative estimate of drug-likeness (QED) is 0.857. The van der Waals surface area contributed by atoms with Crippen molar-refractivity contribution in [2.75, 3.05) is 0 Å². The molecule has 0 bridgehead atoms. The third-order valence-corrected chi connectivity index (χ3v) is 4.40. The van der Waals surface area contributed by atoms with E-state index in [2.05, 4.69) is 10.4 Å². The van der Waals surface area contributed by atoms with Crippen LogP contribution < -0.4 is 5.32 Å². The third kappa shape index (κ3) is 1.96. The van der Waals surface area contributed by atoms with Gasteiger partial charge < -0.3 is 5.32 Å². The van der Waals surface area contributed by atoms with E-state index < -0.39 is 0 Å². The first-order valence-electron chi connectivity index (χ1n) is 6.40. The molecule has 3 rings (SSSR count). The van der Waals surface area contributed by atoms with Crippen molar-refractivity contribution in [3.63, 3.8) is 0 Å². The van der Waals surface area contributed by atoms with Gasteiger partial charge in [0, 0.05) is 30.8 Å². The van der Waals surface area contributed by atoms with E-state index in [0.717, 1.165) is 35.9 Å². The van der Waals surface area contributed by atoms with Crippen molar-refractivity contribution in [3.8, 4) is 0 Å². The second kappa shape index (κ2) is 3.86. The summed E-state index contributed by atoms with van der Waals surface area (Å²) in [5.41, 5.74) is 2.24. The smallest absolute Gasteiger partial charge is 0.223 e. The molecule has 1 aromatic heterocycles. The van der Waals surface area contributed by atoms with Crippen molar-refractivity contribution in [1.82, 2.24) is 15.1 Å². The summed E-state index contributed by atoms with van der Waals surface area (Å²) in [7, 11) is 1.92. The number of nitrogens with zero attached hydrogens (tertiary/aromatic N) is 2. The molecule has 2 aliphatic rings. The molecule has 0 saturated heterocycles. The van der Waals surface area contributed by atoms with E-state index in [4.69, 9.17) is 0 Å². The van der Waals surface area contributed by atoms with E-state index >= 15 is 0 Å². The molecule has 1 aromatic rings. The Labute approximate surface area is 101 Å². The second-order valence-corrected chi connectivity index (χ2v) is 5.52. The molecule has 1 heterocycles. The van der Waals surface area contributed by atoms with Crippen LogP contribution in [0.25, 0.3) is 0 Å². The highest BCUT2D eigenvalue weighted by molar-refractivity contribution is 5.79. The molecular weight excluding hydrogens is 214 g/mol. The number of rotatable bonds is 3. The van der Waals surface area contributed by atoms with Crippen LogP contribution in [-0.4, -0.2) is 15.7 Å². The first-order chi connectivity index (χ1) is 8.15. The lowest BCUT2D eigenvalue weighted by Gasteiger charge is -2.12. The number of carbonyl (C=O) groups excluding carboxylic acids is 1. The topological polar surface area (TPSA) is 46.9 Å². The van der Waals surface area contributed by atoms with Crippen molar-refractivity contribution in [2.45, 2.75) is 32.7 Å². The number of hydrogen-bond acceptors (Lipinski definition) is 2. The fraction of sp³-hybridized carbons (Fsp3) is 0.692. The second-order valence-electron chi connectivity index (χ2n) is 5.52. The Morgan fingerprint density at radius 1 is 1.47 bits per heavy atom. The monoisotopic (exact) mass is 233 g/mol. The zero-order chi connectivity index (χ0) is 12.0. The maximum absolute atomic E-state index is 12.0. The summed E-state index contributed by atoms with van der Waals surface area (Å²) in [6.07, 6.45) is 5.43. The van der Waals surface area contributed by atoms with Gasteiger partial charge in [0.1, 0.15) is 0 Å². The van der Waals surface area contributed by atoms with Crippen LogP contribution >= 0.6 is 0 Å². The SMILES string of the molecule is Cc1c(CNC(=O)C2CC3CC3C2)cnn1C. The first-order valence-corrected chi connectivity index (χ1v) is 6.40. The Kier molecular flexibility index (Phi) is 2.45. The van der Waals surface area contributed by atoms with Crippen LogP contribution in [0, 0.1) is 24.7 Å². The molecule has 1 N–H and O–H groups in total. The molecule has 4 heteroatoms. The Morgan fingerprint density at radius 3 is 2.76 bits per heavy atom. The Morgan fingerprint density at radius 2 is 2.18 bits per heavy atom. The Hall–Kier alpha value is -1.32. The molecule has 17 heavy (non-hydrogen) atoms. The molecule has 0 radical (unpaired) electrons. The van der Waals surface area contributed by atoms with Crippen LogP contribution in [-0.2, 0) is 18.4 Å². The summed E-state index contributed by atoms with van der Waals surface area (Å²) >= 11 is 0. The lowest BCUT2D eigenvalue weighted by atomic mass is 10.0. The van der Waals surface area contributed by atoms with E-state index in [1.165, 1.54) is 6.42 Å². The minimum Gasteiger partial charge on any atom is -0.352 e. The summed E-state index contributed by atoms with van der Waals surface area (Å²) in [6, 6.07) is 0. The standard InChI is InChI=1S/C13H19N3O/c1-8-12(7-15-16(8)2)6-14-13(17)11-4-9-3-10(9)5-11/h7,9-11H,3-6H2,1-2H3,(H,14,17). The molecule has 92 valence electrons. The molecular formula is C13H19N3O. The number of fused-ring (bicyclic) bond motifs is 1. The van der Waals surface area contributed by atoms with Crippen molar-refractivity contribution in [2.24, 2.45) is 24.8 Å². The van der Waals surface area contributed by atoms with Gasteiger partial charge in [-0.05, 0) is 38.0 Å². The van der Waals surface area contributed by atoms with Crippen LogP contribution in [0.4, 0.5) is 0 Å². The van der Waals surface area contributed by atoms with Crippen LogP contribution in [0.3, 0.4) is 0 Å². The summed E-state index contributed by atoms with van der Waals surface area (Å²) in [5, 5.41) is 7.22. The zero-order valence-electron chi connectivity index (χ0n) is 10.4. The lowest BCUT2D eigenvalue weighted by Crippen LogP contribution is -2.29. The van der Waals surface area contributed by atoms with E-state index in [9.17, 15) is 4.79 Å². The van der Waals surface area contributed by atoms with Gasteiger partial charge in [0.05, 0.1) is 6.20 Å². The Bertz CT molecular complexity index is 442.